The van der Waals surface area contributed by atoms with Gasteiger partial charge in [-0.3, -0.25) is 4.79 Å². The van der Waals surface area contributed by atoms with Gasteiger partial charge in [-0.15, -0.1) is 0 Å². The van der Waals surface area contributed by atoms with E-state index in [9.17, 15) is 13.2 Å². The molecule has 6 nitrogen and oxygen atoms in total. The van der Waals surface area contributed by atoms with Crippen molar-refractivity contribution >= 4 is 21.6 Å². The molecule has 1 aromatic heterocycles. The van der Waals surface area contributed by atoms with Crippen LogP contribution >= 0.6 is 0 Å². The van der Waals surface area contributed by atoms with Crippen LogP contribution in [0.25, 0.3) is 0 Å². The van der Waals surface area contributed by atoms with Gasteiger partial charge < -0.3 is 5.32 Å². The number of nitrogens with one attached hydrogen (secondary N) is 1. The van der Waals surface area contributed by atoms with E-state index in [0.29, 0.717) is 18.8 Å². The predicted molar refractivity (Wildman–Crippen MR) is 92.4 cm³/mol. The summed E-state index contributed by atoms with van der Waals surface area (Å²) < 4.78 is 24.7. The molecule has 0 radical (unpaired) electrons. The van der Waals surface area contributed by atoms with E-state index in [4.69, 9.17) is 0 Å². The highest BCUT2D eigenvalue weighted by Crippen LogP contribution is 2.22. The highest BCUT2D eigenvalue weighted by atomic mass is 32.2. The number of rotatable bonds is 6. The fourth-order valence-electron chi connectivity index (χ4n) is 2.99. The molecule has 1 saturated heterocycles. The summed E-state index contributed by atoms with van der Waals surface area (Å²) in [6, 6.07) is 11.8. The molecule has 0 bridgehead atoms. The third kappa shape index (κ3) is 4.44. The second-order valence-electron chi connectivity index (χ2n) is 6.20. The molecule has 1 atom stereocenters. The number of aryl methyl sites for hydroxylation is 2. The van der Waals surface area contributed by atoms with Crippen LogP contribution < -0.4 is 5.32 Å². The first-order valence-corrected chi connectivity index (χ1v) is 9.90. The lowest BCUT2D eigenvalue weighted by Gasteiger charge is -2.11. The lowest BCUT2D eigenvalue weighted by molar-refractivity contribution is -0.116. The maximum Gasteiger partial charge on any atom is 0.225 e. The largest absolute Gasteiger partial charge is 0.311 e. The van der Waals surface area contributed by atoms with Crippen LogP contribution in [0.15, 0.2) is 42.6 Å². The minimum absolute atomic E-state index is 0.0734. The summed E-state index contributed by atoms with van der Waals surface area (Å²) in [4.78, 5) is 12.2. The van der Waals surface area contributed by atoms with Crippen molar-refractivity contribution in [2.24, 2.45) is 5.92 Å². The Hall–Kier alpha value is -2.15. The first-order chi connectivity index (χ1) is 11.5. The van der Waals surface area contributed by atoms with Gasteiger partial charge in [-0.05, 0) is 24.3 Å². The van der Waals surface area contributed by atoms with Gasteiger partial charge in [0, 0.05) is 19.0 Å². The first kappa shape index (κ1) is 16.7. The number of nitrogens with zero attached hydrogens (tertiary/aromatic N) is 2. The van der Waals surface area contributed by atoms with Crippen LogP contribution in [0.2, 0.25) is 0 Å². The van der Waals surface area contributed by atoms with Crippen molar-refractivity contribution in [1.82, 2.24) is 9.78 Å². The number of carbonyl (C=O) groups is 1. The Balaban J connectivity index is 1.54. The zero-order valence-corrected chi connectivity index (χ0v) is 14.2. The van der Waals surface area contributed by atoms with Gasteiger partial charge in [-0.1, -0.05) is 30.3 Å². The average molecular weight is 347 g/mol. The maximum atomic E-state index is 12.2. The lowest BCUT2D eigenvalue weighted by atomic mass is 10.1. The zero-order valence-electron chi connectivity index (χ0n) is 13.4. The van der Waals surface area contributed by atoms with Crippen molar-refractivity contribution in [3.8, 4) is 0 Å². The summed E-state index contributed by atoms with van der Waals surface area (Å²) in [5, 5.41) is 7.09. The predicted octanol–water partition coefficient (Wildman–Crippen LogP) is 1.89. The number of amides is 1. The third-order valence-electron chi connectivity index (χ3n) is 4.24. The van der Waals surface area contributed by atoms with Gasteiger partial charge in [0.2, 0.25) is 5.91 Å². The molecule has 0 saturated carbocycles. The quantitative estimate of drug-likeness (QED) is 0.865. The van der Waals surface area contributed by atoms with E-state index in [1.165, 1.54) is 5.56 Å². The van der Waals surface area contributed by atoms with E-state index in [1.54, 1.807) is 16.9 Å². The molecule has 24 heavy (non-hydrogen) atoms. The van der Waals surface area contributed by atoms with Crippen molar-refractivity contribution in [2.75, 3.05) is 16.8 Å². The number of hydrogen-bond acceptors (Lipinski definition) is 4. The van der Waals surface area contributed by atoms with E-state index < -0.39 is 9.84 Å². The molecular formula is C17H21N3O3S. The third-order valence-corrected chi connectivity index (χ3v) is 6.08. The number of sulfone groups is 1. The number of anilines is 1. The van der Waals surface area contributed by atoms with Gasteiger partial charge in [0.05, 0.1) is 17.7 Å². The van der Waals surface area contributed by atoms with Crippen molar-refractivity contribution in [1.29, 1.82) is 0 Å². The van der Waals surface area contributed by atoms with Crippen LogP contribution in [-0.2, 0) is 27.6 Å². The molecule has 1 N–H and O–H groups in total. The number of aromatic nitrogens is 2. The summed E-state index contributed by atoms with van der Waals surface area (Å²) in [5.74, 6) is 0.735. The minimum Gasteiger partial charge on any atom is -0.311 e. The van der Waals surface area contributed by atoms with Gasteiger partial charge in [0.15, 0.2) is 9.84 Å². The molecule has 3 rings (SSSR count). The van der Waals surface area contributed by atoms with Gasteiger partial charge in [-0.25, -0.2) is 13.1 Å². The van der Waals surface area contributed by atoms with Gasteiger partial charge in [-0.2, -0.15) is 5.10 Å². The van der Waals surface area contributed by atoms with Crippen LogP contribution in [0.1, 0.15) is 18.4 Å². The van der Waals surface area contributed by atoms with Gasteiger partial charge in [0.25, 0.3) is 0 Å². The maximum absolute atomic E-state index is 12.2. The number of hydrogen-bond donors (Lipinski definition) is 1. The normalized spacial score (nSPS) is 19.2. The second kappa shape index (κ2) is 7.17. The highest BCUT2D eigenvalue weighted by Gasteiger charge is 2.29. The molecule has 0 spiro atoms. The topological polar surface area (TPSA) is 81.1 Å². The Kier molecular flexibility index (Phi) is 4.99. The molecule has 128 valence electrons. The second-order valence-corrected chi connectivity index (χ2v) is 8.43. The number of carbonyl (C=O) groups excluding carboxylic acids is 1. The Morgan fingerprint density at radius 2 is 2.04 bits per heavy atom. The molecule has 2 heterocycles. The van der Waals surface area contributed by atoms with Crippen molar-refractivity contribution < 1.29 is 13.2 Å². The molecule has 1 fully saturated rings. The molecule has 0 unspecified atom stereocenters. The summed E-state index contributed by atoms with van der Waals surface area (Å²) in [7, 11) is -2.95. The first-order valence-electron chi connectivity index (χ1n) is 8.08. The van der Waals surface area contributed by atoms with Crippen LogP contribution in [0.3, 0.4) is 0 Å². The lowest BCUT2D eigenvalue weighted by Crippen LogP contribution is -2.20. The van der Waals surface area contributed by atoms with E-state index >= 15 is 0 Å². The fourth-order valence-corrected chi connectivity index (χ4v) is 4.85. The minimum atomic E-state index is -2.95. The van der Waals surface area contributed by atoms with Crippen molar-refractivity contribution in [3.63, 3.8) is 0 Å². The van der Waals surface area contributed by atoms with E-state index in [0.717, 1.165) is 6.42 Å². The van der Waals surface area contributed by atoms with Crippen LogP contribution in [-0.4, -0.2) is 35.6 Å². The van der Waals surface area contributed by atoms with Crippen LogP contribution in [0.5, 0.6) is 0 Å². The van der Waals surface area contributed by atoms with Gasteiger partial charge >= 0.3 is 0 Å². The summed E-state index contributed by atoms with van der Waals surface area (Å²) in [5.41, 5.74) is 1.21. The van der Waals surface area contributed by atoms with Crippen molar-refractivity contribution in [3.05, 3.63) is 48.2 Å². The zero-order chi connectivity index (χ0) is 17.0. The molecule has 1 aliphatic heterocycles. The number of benzene rings is 1. The summed E-state index contributed by atoms with van der Waals surface area (Å²) >= 11 is 0. The van der Waals surface area contributed by atoms with Crippen LogP contribution in [0, 0.1) is 5.92 Å². The molecule has 0 aliphatic carbocycles. The smallest absolute Gasteiger partial charge is 0.225 e. The highest BCUT2D eigenvalue weighted by molar-refractivity contribution is 7.91. The Morgan fingerprint density at radius 3 is 2.75 bits per heavy atom. The van der Waals surface area contributed by atoms with Crippen molar-refractivity contribution in [2.45, 2.75) is 25.8 Å². The Labute approximate surface area is 141 Å². The van der Waals surface area contributed by atoms with E-state index in [-0.39, 0.29) is 29.8 Å². The van der Waals surface area contributed by atoms with E-state index in [1.807, 2.05) is 18.2 Å². The van der Waals surface area contributed by atoms with E-state index in [2.05, 4.69) is 22.5 Å². The molecule has 2 aromatic rings. The average Bonchev–Trinajstić information content (AvgIpc) is 3.12. The fraction of sp³-hybridized carbons (Fsp3) is 0.412. The summed E-state index contributed by atoms with van der Waals surface area (Å²) in [6.45, 7) is 0.671. The standard InChI is InChI=1S/C17H21N3O3S/c21-17(12-15-8-11-24(22,23)13-15)19-16-6-9-18-20(16)10-7-14-4-2-1-3-5-14/h1-6,9,15H,7-8,10-13H2,(H,19,21)/t15-/m1/s1. The summed E-state index contributed by atoms with van der Waals surface area (Å²) in [6.07, 6.45) is 3.29. The Morgan fingerprint density at radius 1 is 1.25 bits per heavy atom. The molecule has 7 heteroatoms. The molecule has 1 aromatic carbocycles. The molecular weight excluding hydrogens is 326 g/mol. The molecule has 1 amide bonds. The van der Waals surface area contributed by atoms with Crippen LogP contribution in [0.4, 0.5) is 5.82 Å². The monoisotopic (exact) mass is 347 g/mol. The Bertz CT molecular complexity index is 799. The van der Waals surface area contributed by atoms with Gasteiger partial charge in [0.1, 0.15) is 5.82 Å². The molecule has 1 aliphatic rings. The SMILES string of the molecule is O=C(C[C@H]1CCS(=O)(=O)C1)Nc1ccnn1CCc1ccccc1.